The van der Waals surface area contributed by atoms with Crippen LogP contribution in [0, 0.1) is 23.3 Å². The molecule has 0 aliphatic carbocycles. The lowest BCUT2D eigenvalue weighted by atomic mass is 9.88. The maximum Gasteiger partial charge on any atom is 0.167 e. The van der Waals surface area contributed by atoms with Gasteiger partial charge in [0.15, 0.2) is 23.3 Å². The molecule has 0 N–H and O–H groups in total. The highest BCUT2D eigenvalue weighted by Crippen LogP contribution is 2.36. The number of benzene rings is 2. The van der Waals surface area contributed by atoms with E-state index in [2.05, 4.69) is 0 Å². The van der Waals surface area contributed by atoms with Gasteiger partial charge in [-0.05, 0) is 63.0 Å². The van der Waals surface area contributed by atoms with Crippen molar-refractivity contribution < 1.29 is 31.8 Å². The summed E-state index contributed by atoms with van der Waals surface area (Å²) in [5.41, 5.74) is -0.148. The first kappa shape index (κ1) is 26.1. The number of ether oxygens (including phenoxy) is 3. The molecular formula is C28H34F4O3. The van der Waals surface area contributed by atoms with E-state index in [9.17, 15) is 13.2 Å². The van der Waals surface area contributed by atoms with Crippen molar-refractivity contribution in [3.05, 3.63) is 58.7 Å². The SMILES string of the molecule is CCOC1CCC(CCc2ccc(-c3ccc(C4CCC(CC)OC4)c(F)c3F)c(F)c2F)OC1. The summed E-state index contributed by atoms with van der Waals surface area (Å²) in [6, 6.07) is 5.58. The Morgan fingerprint density at radius 1 is 0.771 bits per heavy atom. The molecule has 4 atom stereocenters. The zero-order valence-electron chi connectivity index (χ0n) is 20.4. The average Bonchev–Trinajstić information content (AvgIpc) is 2.88. The third-order valence-electron chi connectivity index (χ3n) is 7.30. The van der Waals surface area contributed by atoms with E-state index in [0.717, 1.165) is 25.7 Å². The van der Waals surface area contributed by atoms with Gasteiger partial charge >= 0.3 is 0 Å². The highest BCUT2D eigenvalue weighted by molar-refractivity contribution is 5.66. The second-order valence-electron chi connectivity index (χ2n) is 9.52. The molecule has 4 rings (SSSR count). The summed E-state index contributed by atoms with van der Waals surface area (Å²) in [4.78, 5) is 0. The van der Waals surface area contributed by atoms with Crippen molar-refractivity contribution in [3.63, 3.8) is 0 Å². The molecule has 4 unspecified atom stereocenters. The second-order valence-corrected chi connectivity index (χ2v) is 9.52. The van der Waals surface area contributed by atoms with E-state index < -0.39 is 23.3 Å². The molecule has 2 saturated heterocycles. The van der Waals surface area contributed by atoms with E-state index >= 15 is 4.39 Å². The van der Waals surface area contributed by atoms with Crippen LogP contribution in [0.2, 0.25) is 0 Å². The number of hydrogen-bond donors (Lipinski definition) is 0. The van der Waals surface area contributed by atoms with Crippen molar-refractivity contribution in [2.75, 3.05) is 19.8 Å². The molecule has 0 radical (unpaired) electrons. The topological polar surface area (TPSA) is 27.7 Å². The van der Waals surface area contributed by atoms with Gasteiger partial charge in [0.05, 0.1) is 31.5 Å². The molecule has 0 aromatic heterocycles. The highest BCUT2D eigenvalue weighted by atomic mass is 19.2. The number of rotatable bonds is 8. The van der Waals surface area contributed by atoms with Crippen molar-refractivity contribution in [1.29, 1.82) is 0 Å². The largest absolute Gasteiger partial charge is 0.378 e. The third kappa shape index (κ3) is 5.89. The van der Waals surface area contributed by atoms with E-state index in [1.165, 1.54) is 24.3 Å². The average molecular weight is 495 g/mol. The van der Waals surface area contributed by atoms with E-state index in [1.54, 1.807) is 0 Å². The lowest BCUT2D eigenvalue weighted by Gasteiger charge is -2.29. The van der Waals surface area contributed by atoms with Gasteiger partial charge < -0.3 is 14.2 Å². The van der Waals surface area contributed by atoms with E-state index in [-0.39, 0.29) is 46.5 Å². The van der Waals surface area contributed by atoms with Crippen LogP contribution in [0.15, 0.2) is 24.3 Å². The molecule has 7 heteroatoms. The van der Waals surface area contributed by atoms with Crippen LogP contribution in [-0.4, -0.2) is 38.1 Å². The van der Waals surface area contributed by atoms with Gasteiger partial charge in [-0.15, -0.1) is 0 Å². The zero-order valence-corrected chi connectivity index (χ0v) is 20.4. The molecule has 2 aromatic rings. The molecule has 2 aliphatic rings. The molecular weight excluding hydrogens is 460 g/mol. The van der Waals surface area contributed by atoms with Crippen LogP contribution in [0.5, 0.6) is 0 Å². The summed E-state index contributed by atoms with van der Waals surface area (Å²) < 4.78 is 76.9. The Labute approximate surface area is 204 Å². The van der Waals surface area contributed by atoms with E-state index in [4.69, 9.17) is 14.2 Å². The Morgan fingerprint density at radius 2 is 1.46 bits per heavy atom. The van der Waals surface area contributed by atoms with Crippen molar-refractivity contribution in [2.45, 2.75) is 83.0 Å². The molecule has 3 nitrogen and oxygen atoms in total. The fourth-order valence-corrected chi connectivity index (χ4v) is 5.14. The molecule has 0 saturated carbocycles. The molecule has 0 amide bonds. The van der Waals surface area contributed by atoms with Crippen LogP contribution in [0.1, 0.15) is 69.4 Å². The first-order chi connectivity index (χ1) is 16.9. The Balaban J connectivity index is 1.45. The Morgan fingerprint density at radius 3 is 2.09 bits per heavy atom. The second kappa shape index (κ2) is 11.8. The van der Waals surface area contributed by atoms with Crippen molar-refractivity contribution in [3.8, 4) is 11.1 Å². The first-order valence-corrected chi connectivity index (χ1v) is 12.7. The minimum absolute atomic E-state index is 0.0377. The van der Waals surface area contributed by atoms with Crippen LogP contribution in [-0.2, 0) is 20.6 Å². The monoisotopic (exact) mass is 494 g/mol. The van der Waals surface area contributed by atoms with Crippen LogP contribution in [0.25, 0.3) is 11.1 Å². The Kier molecular flexibility index (Phi) is 8.84. The van der Waals surface area contributed by atoms with Gasteiger partial charge in [0, 0.05) is 23.7 Å². The van der Waals surface area contributed by atoms with Gasteiger partial charge in [-0.25, -0.2) is 17.6 Å². The molecule has 192 valence electrons. The number of halogens is 4. The first-order valence-electron chi connectivity index (χ1n) is 12.7. The predicted molar refractivity (Wildman–Crippen MR) is 126 cm³/mol. The summed E-state index contributed by atoms with van der Waals surface area (Å²) in [6.07, 6.45) is 5.08. The highest BCUT2D eigenvalue weighted by Gasteiger charge is 2.28. The van der Waals surface area contributed by atoms with Gasteiger partial charge in [0.2, 0.25) is 0 Å². The smallest absolute Gasteiger partial charge is 0.167 e. The van der Waals surface area contributed by atoms with Gasteiger partial charge in [-0.2, -0.15) is 0 Å². The maximum atomic E-state index is 15.0. The number of aryl methyl sites for hydroxylation is 1. The molecule has 0 bridgehead atoms. The zero-order chi connectivity index (χ0) is 24.9. The van der Waals surface area contributed by atoms with Gasteiger partial charge in [-0.1, -0.05) is 31.2 Å². The number of hydrogen-bond acceptors (Lipinski definition) is 3. The normalized spacial score (nSPS) is 25.1. The molecule has 2 aromatic carbocycles. The Hall–Kier alpha value is -1.96. The third-order valence-corrected chi connectivity index (χ3v) is 7.30. The lowest BCUT2D eigenvalue weighted by Crippen LogP contribution is -2.31. The van der Waals surface area contributed by atoms with Crippen molar-refractivity contribution in [1.82, 2.24) is 0 Å². The maximum absolute atomic E-state index is 15.0. The summed E-state index contributed by atoms with van der Waals surface area (Å²) in [5.74, 6) is -4.63. The summed E-state index contributed by atoms with van der Waals surface area (Å²) >= 11 is 0. The molecule has 2 fully saturated rings. The van der Waals surface area contributed by atoms with E-state index in [0.29, 0.717) is 39.1 Å². The molecule has 35 heavy (non-hydrogen) atoms. The molecule has 0 spiro atoms. The summed E-state index contributed by atoms with van der Waals surface area (Å²) in [6.45, 7) is 5.43. The van der Waals surface area contributed by atoms with Crippen molar-refractivity contribution >= 4 is 0 Å². The van der Waals surface area contributed by atoms with Crippen LogP contribution >= 0.6 is 0 Å². The summed E-state index contributed by atoms with van der Waals surface area (Å²) in [7, 11) is 0. The van der Waals surface area contributed by atoms with Gasteiger partial charge in [0.1, 0.15) is 0 Å². The summed E-state index contributed by atoms with van der Waals surface area (Å²) in [5, 5.41) is 0. The quantitative estimate of drug-likeness (QED) is 0.367. The van der Waals surface area contributed by atoms with Crippen LogP contribution in [0.3, 0.4) is 0 Å². The molecule has 2 aliphatic heterocycles. The Bertz CT molecular complexity index is 996. The van der Waals surface area contributed by atoms with Crippen molar-refractivity contribution in [2.24, 2.45) is 0 Å². The fourth-order valence-electron chi connectivity index (χ4n) is 5.14. The fraction of sp³-hybridized carbons (Fsp3) is 0.571. The lowest BCUT2D eigenvalue weighted by molar-refractivity contribution is -0.0843. The van der Waals surface area contributed by atoms with E-state index in [1.807, 2.05) is 13.8 Å². The predicted octanol–water partition coefficient (Wildman–Crippen LogP) is 7.10. The minimum atomic E-state index is -1.17. The van der Waals surface area contributed by atoms with Gasteiger partial charge in [-0.3, -0.25) is 0 Å². The van der Waals surface area contributed by atoms with Crippen LogP contribution in [0.4, 0.5) is 17.6 Å². The standard InChI is InChI=1S/C28H34F4O3/c1-3-19-8-6-18(15-34-19)22-13-14-24(28(32)26(22)30)23-12-7-17(25(29)27(23)31)5-9-20-10-11-21(16-35-20)33-4-2/h7,12-14,18-21H,3-6,8-11,15-16H2,1-2H3. The molecule has 2 heterocycles. The minimum Gasteiger partial charge on any atom is -0.378 e. The van der Waals surface area contributed by atoms with Crippen LogP contribution < -0.4 is 0 Å². The van der Waals surface area contributed by atoms with Gasteiger partial charge in [0.25, 0.3) is 0 Å².